The topological polar surface area (TPSA) is 338 Å². The zero-order valence-electron chi connectivity index (χ0n) is 49.1. The molecule has 10 aromatic rings. The van der Waals surface area contributed by atoms with Crippen molar-refractivity contribution in [3.05, 3.63) is 192 Å². The summed E-state index contributed by atoms with van der Waals surface area (Å²) in [5.74, 6) is -0.929. The van der Waals surface area contributed by atoms with E-state index in [1.165, 1.54) is 12.1 Å². The number of carboxylic acid groups (broad SMARTS) is 1. The number of nitrogen functional groups attached to an aromatic ring is 2. The molecule has 2 saturated heterocycles. The van der Waals surface area contributed by atoms with Gasteiger partial charge in [-0.25, -0.2) is 34.7 Å². The van der Waals surface area contributed by atoms with Gasteiger partial charge in [-0.3, -0.25) is 33.0 Å². The molecule has 0 radical (unpaired) electrons. The van der Waals surface area contributed by atoms with Gasteiger partial charge >= 0.3 is 5.97 Å². The van der Waals surface area contributed by atoms with E-state index in [1.54, 1.807) is 126 Å². The lowest BCUT2D eigenvalue weighted by Gasteiger charge is -2.26. The fraction of sp³-hybridized carbons (Fsp3) is 0.219. The van der Waals surface area contributed by atoms with Crippen LogP contribution < -0.4 is 43.8 Å². The lowest BCUT2D eigenvalue weighted by atomic mass is 10.2. The molecule has 8 heterocycles. The van der Waals surface area contributed by atoms with Gasteiger partial charge in [0.1, 0.15) is 11.3 Å². The number of hydrogen-bond donors (Lipinski definition) is 9. The van der Waals surface area contributed by atoms with Gasteiger partial charge < -0.3 is 58.4 Å². The number of benzene rings is 4. The Bertz CT molecular complexity index is 4110. The molecule has 2 fully saturated rings. The number of ether oxygens (including phenoxy) is 2. The number of pyridine rings is 2. The molecular formula is C64H68N18O7. The number of nitrogens with one attached hydrogen (secondary N) is 5. The Kier molecular flexibility index (Phi) is 20.1. The Morgan fingerprint density at radius 2 is 0.966 bits per heavy atom. The number of fused-ring (bicyclic) bond motifs is 2. The van der Waals surface area contributed by atoms with Crippen LogP contribution in [0.5, 0.6) is 0 Å². The second kappa shape index (κ2) is 29.1. The smallest absolute Gasteiger partial charge is 0.335 e. The van der Waals surface area contributed by atoms with Gasteiger partial charge in [0.05, 0.1) is 88.9 Å². The number of morpholine rings is 2. The number of aromatic carboxylic acids is 1. The minimum Gasteiger partial charge on any atom is -0.478 e. The monoisotopic (exact) mass is 1200 g/mol. The standard InChI is InChI=1S/C32H33N9O3.C26H21N7O3.C6H14N2O/c1-21-29(41-14-11-23(20-28(41)36-21)30(42)34-13-15-40-16-18-44-19-17-40)27-10-12-35-32(39-27)37-24-8-6-22(7-9-24)31(43)38-26-5-3-2-4-25(26)33;1-15-23(33-13-11-17(25(35)36)14-22(33)29-15)21-10-12-28-26(32-21)30-18-8-6-16(7-9-18)24(34)31-20-5-3-2-4-19(20)27;7-1-2-8-3-5-9-6-4-8/h2-12,14,20H,13,15-19,33H2,1H3,(H,34,42)(H,38,43)(H,35,37,39);2-14H,27H2,1H3,(H,31,34)(H,35,36)(H,28,30,32);1-7H2. The normalized spacial score (nSPS) is 13.3. The minimum absolute atomic E-state index is 0.135. The highest BCUT2D eigenvalue weighted by atomic mass is 16.5. The van der Waals surface area contributed by atoms with Crippen LogP contribution in [0.15, 0.2) is 158 Å². The number of anilines is 8. The molecule has 456 valence electrons. The molecule has 0 atom stereocenters. The van der Waals surface area contributed by atoms with Gasteiger partial charge in [0.2, 0.25) is 11.9 Å². The molecule has 6 aromatic heterocycles. The van der Waals surface area contributed by atoms with Crippen LogP contribution in [0.4, 0.5) is 46.0 Å². The quantitative estimate of drug-likeness (QED) is 0.0401. The minimum atomic E-state index is -1.01. The van der Waals surface area contributed by atoms with E-state index in [4.69, 9.17) is 36.6 Å². The first-order valence-corrected chi connectivity index (χ1v) is 28.8. The number of carbonyl (C=O) groups is 4. The number of carboxylic acids is 1. The summed E-state index contributed by atoms with van der Waals surface area (Å²) in [6.07, 6.45) is 6.80. The molecule has 89 heavy (non-hydrogen) atoms. The van der Waals surface area contributed by atoms with Crippen LogP contribution in [0.25, 0.3) is 34.1 Å². The number of rotatable bonds is 17. The highest BCUT2D eigenvalue weighted by Crippen LogP contribution is 2.28. The number of para-hydroxylation sites is 4. The Balaban J connectivity index is 0.000000174. The molecule has 2 aliphatic heterocycles. The lowest BCUT2D eigenvalue weighted by molar-refractivity contribution is 0.0383. The molecule has 0 saturated carbocycles. The average Bonchev–Trinajstić information content (AvgIpc) is 4.14. The van der Waals surface area contributed by atoms with Crippen molar-refractivity contribution < 1.29 is 33.8 Å². The largest absolute Gasteiger partial charge is 0.478 e. The first kappa shape index (κ1) is 61.4. The van der Waals surface area contributed by atoms with Crippen molar-refractivity contribution in [2.75, 3.05) is 112 Å². The van der Waals surface area contributed by atoms with Crippen LogP contribution in [-0.2, 0) is 9.47 Å². The third-order valence-corrected chi connectivity index (χ3v) is 14.5. The van der Waals surface area contributed by atoms with E-state index in [0.717, 1.165) is 95.0 Å². The second-order valence-electron chi connectivity index (χ2n) is 20.7. The second-order valence-corrected chi connectivity index (χ2v) is 20.7. The van der Waals surface area contributed by atoms with Gasteiger partial charge in [-0.2, -0.15) is 0 Å². The van der Waals surface area contributed by atoms with E-state index in [0.29, 0.717) is 91.9 Å². The first-order valence-electron chi connectivity index (χ1n) is 28.8. The summed E-state index contributed by atoms with van der Waals surface area (Å²) in [5.41, 5.74) is 27.9. The summed E-state index contributed by atoms with van der Waals surface area (Å²) in [6, 6.07) is 38.2. The van der Waals surface area contributed by atoms with E-state index in [9.17, 15) is 24.3 Å². The number of nitrogens with two attached hydrogens (primary N) is 3. The summed E-state index contributed by atoms with van der Waals surface area (Å²) in [5, 5.41) is 24.2. The summed E-state index contributed by atoms with van der Waals surface area (Å²) in [4.78, 5) is 81.1. The SMILES string of the molecule is Cc1nc2cc(C(=O)NCCN3CCOCC3)ccn2c1-c1ccnc(Nc2ccc(C(=O)Nc3ccccc3N)cc2)n1.Cc1nc2cc(C(=O)O)ccn2c1-c1ccnc(Nc2ccc(C(=O)Nc3ccccc3N)cc2)n1.NCCN1CCOCC1. The number of carbonyl (C=O) groups excluding carboxylic acids is 3. The maximum atomic E-state index is 12.8. The summed E-state index contributed by atoms with van der Waals surface area (Å²) in [6.45, 7) is 14.0. The number of amides is 3. The molecule has 4 aromatic carbocycles. The van der Waals surface area contributed by atoms with E-state index in [1.807, 2.05) is 42.6 Å². The Labute approximate surface area is 512 Å². The van der Waals surface area contributed by atoms with Crippen molar-refractivity contribution in [2.45, 2.75) is 13.8 Å². The van der Waals surface area contributed by atoms with Gasteiger partial charge in [0, 0.05) is 105 Å². The molecule has 2 aliphatic rings. The zero-order valence-corrected chi connectivity index (χ0v) is 49.1. The molecule has 12 rings (SSSR count). The molecular weight excluding hydrogens is 1130 g/mol. The van der Waals surface area contributed by atoms with Crippen LogP contribution in [0.1, 0.15) is 52.8 Å². The van der Waals surface area contributed by atoms with Crippen molar-refractivity contribution in [2.24, 2.45) is 5.73 Å². The maximum Gasteiger partial charge on any atom is 0.335 e. The van der Waals surface area contributed by atoms with Crippen LogP contribution in [0.2, 0.25) is 0 Å². The number of aromatic nitrogens is 8. The van der Waals surface area contributed by atoms with Crippen molar-refractivity contribution in [3.63, 3.8) is 0 Å². The van der Waals surface area contributed by atoms with Gasteiger partial charge in [0.25, 0.3) is 17.7 Å². The average molecular weight is 1200 g/mol. The van der Waals surface area contributed by atoms with Crippen LogP contribution in [-0.4, -0.2) is 156 Å². The third-order valence-electron chi connectivity index (χ3n) is 14.5. The highest BCUT2D eigenvalue weighted by Gasteiger charge is 2.19. The van der Waals surface area contributed by atoms with Gasteiger partial charge in [-0.05, 0) is 123 Å². The van der Waals surface area contributed by atoms with Gasteiger partial charge in [-0.15, -0.1) is 0 Å². The third kappa shape index (κ3) is 15.8. The fourth-order valence-electron chi connectivity index (χ4n) is 9.86. The van der Waals surface area contributed by atoms with Crippen LogP contribution in [0, 0.1) is 13.8 Å². The zero-order chi connectivity index (χ0) is 62.2. The van der Waals surface area contributed by atoms with Crippen LogP contribution in [0.3, 0.4) is 0 Å². The van der Waals surface area contributed by atoms with Crippen molar-refractivity contribution >= 4 is 81.0 Å². The van der Waals surface area contributed by atoms with Gasteiger partial charge in [-0.1, -0.05) is 24.3 Å². The predicted octanol–water partition coefficient (Wildman–Crippen LogP) is 7.39. The predicted molar refractivity (Wildman–Crippen MR) is 342 cm³/mol. The molecule has 25 heteroatoms. The van der Waals surface area contributed by atoms with Gasteiger partial charge in [0.15, 0.2) is 0 Å². The first-order chi connectivity index (χ1) is 43.3. The molecule has 12 N–H and O–H groups in total. The number of hydrogen-bond acceptors (Lipinski definition) is 19. The van der Waals surface area contributed by atoms with E-state index in [2.05, 4.69) is 56.3 Å². The summed E-state index contributed by atoms with van der Waals surface area (Å²) in [7, 11) is 0. The molecule has 0 spiro atoms. The lowest BCUT2D eigenvalue weighted by Crippen LogP contribution is -2.41. The maximum absolute atomic E-state index is 12.8. The molecule has 0 bridgehead atoms. The highest BCUT2D eigenvalue weighted by molar-refractivity contribution is 6.06. The Hall–Kier alpha value is -10.7. The van der Waals surface area contributed by atoms with E-state index < -0.39 is 5.97 Å². The Morgan fingerprint density at radius 3 is 1.42 bits per heavy atom. The van der Waals surface area contributed by atoms with Crippen molar-refractivity contribution in [1.29, 1.82) is 0 Å². The number of imidazole rings is 2. The summed E-state index contributed by atoms with van der Waals surface area (Å²) >= 11 is 0. The number of aryl methyl sites for hydroxylation is 2. The van der Waals surface area contributed by atoms with Crippen molar-refractivity contribution in [3.8, 4) is 22.8 Å². The number of nitrogens with zero attached hydrogens (tertiary/aromatic N) is 10. The molecule has 25 nitrogen and oxygen atoms in total. The summed E-state index contributed by atoms with van der Waals surface area (Å²) < 4.78 is 14.2. The fourth-order valence-corrected chi connectivity index (χ4v) is 9.86. The van der Waals surface area contributed by atoms with E-state index in [-0.39, 0.29) is 23.3 Å². The molecule has 0 aliphatic carbocycles. The Morgan fingerprint density at radius 1 is 0.528 bits per heavy atom. The molecule has 3 amide bonds. The van der Waals surface area contributed by atoms with Crippen LogP contribution >= 0.6 is 0 Å². The van der Waals surface area contributed by atoms with E-state index >= 15 is 0 Å². The van der Waals surface area contributed by atoms with Crippen molar-refractivity contribution in [1.82, 2.24) is 53.8 Å². The molecule has 0 unspecified atom stereocenters.